The van der Waals surface area contributed by atoms with Gasteiger partial charge in [-0.25, -0.2) is 14.5 Å². The van der Waals surface area contributed by atoms with Gasteiger partial charge < -0.3 is 4.98 Å². The van der Waals surface area contributed by atoms with E-state index in [0.29, 0.717) is 5.02 Å². The molecule has 0 radical (unpaired) electrons. The van der Waals surface area contributed by atoms with E-state index in [0.717, 1.165) is 38.7 Å². The van der Waals surface area contributed by atoms with Gasteiger partial charge in [0.2, 0.25) is 0 Å². The van der Waals surface area contributed by atoms with Crippen molar-refractivity contribution in [2.24, 2.45) is 0 Å². The molecule has 0 aliphatic heterocycles. The summed E-state index contributed by atoms with van der Waals surface area (Å²) < 4.78 is 1.94. The van der Waals surface area contributed by atoms with Crippen LogP contribution in [0.5, 0.6) is 0 Å². The second-order valence-corrected chi connectivity index (χ2v) is 8.55. The van der Waals surface area contributed by atoms with Crippen LogP contribution in [0.25, 0.3) is 16.4 Å². The molecule has 7 heteroatoms. The molecule has 1 unspecified atom stereocenters. The van der Waals surface area contributed by atoms with Crippen LogP contribution in [0.4, 0.5) is 0 Å². The molecule has 0 aliphatic carbocycles. The van der Waals surface area contributed by atoms with E-state index in [1.54, 1.807) is 18.0 Å². The summed E-state index contributed by atoms with van der Waals surface area (Å²) >= 11 is 7.89. The number of aromatic nitrogens is 5. The van der Waals surface area contributed by atoms with Crippen molar-refractivity contribution < 1.29 is 0 Å². The Morgan fingerprint density at radius 3 is 2.66 bits per heavy atom. The summed E-state index contributed by atoms with van der Waals surface area (Å²) in [4.78, 5) is 12.6. The Morgan fingerprint density at radius 1 is 1.07 bits per heavy atom. The minimum Gasteiger partial charge on any atom is -0.340 e. The highest BCUT2D eigenvalue weighted by atomic mass is 35.5. The standard InChI is InChI=1S/C22H18ClN5S/c1-13-3-5-15(6-4-13)20(29-22-24-9-10-25-22)21-26-18-8-7-16(23)12-17(18)19-11-14(2)27-28(19)21/h3-12,20H,1-2H3,(H,24,25). The van der Waals surface area contributed by atoms with Crippen LogP contribution in [0.1, 0.15) is 27.9 Å². The Hall–Kier alpha value is -2.83. The van der Waals surface area contributed by atoms with Crippen LogP contribution in [0, 0.1) is 13.8 Å². The zero-order valence-corrected chi connectivity index (χ0v) is 17.5. The summed E-state index contributed by atoms with van der Waals surface area (Å²) in [6, 6.07) is 16.4. The molecule has 5 aromatic rings. The SMILES string of the molecule is Cc1ccc(C(Sc2ncc[nH]2)c2nc3ccc(Cl)cc3c3cc(C)nn23)cc1. The third-order valence-corrected chi connectivity index (χ3v) is 6.24. The molecule has 29 heavy (non-hydrogen) atoms. The maximum absolute atomic E-state index is 6.26. The molecule has 0 saturated carbocycles. The smallest absolute Gasteiger partial charge is 0.166 e. The molecule has 3 aromatic heterocycles. The van der Waals surface area contributed by atoms with E-state index in [1.807, 2.05) is 35.8 Å². The molecule has 0 bridgehead atoms. The molecule has 0 amide bonds. The van der Waals surface area contributed by atoms with Gasteiger partial charge in [-0.2, -0.15) is 5.10 Å². The number of aryl methyl sites for hydroxylation is 2. The van der Waals surface area contributed by atoms with Crippen LogP contribution >= 0.6 is 23.4 Å². The third-order valence-electron chi connectivity index (χ3n) is 4.84. The number of nitrogens with zero attached hydrogens (tertiary/aromatic N) is 4. The number of hydrogen-bond acceptors (Lipinski definition) is 4. The molecule has 3 heterocycles. The van der Waals surface area contributed by atoms with Crippen LogP contribution in [-0.2, 0) is 0 Å². The number of thioether (sulfide) groups is 1. The summed E-state index contributed by atoms with van der Waals surface area (Å²) in [6.45, 7) is 4.08. The highest BCUT2D eigenvalue weighted by Gasteiger charge is 2.24. The number of hydrogen-bond donors (Lipinski definition) is 1. The Labute approximate surface area is 177 Å². The zero-order chi connectivity index (χ0) is 20.0. The van der Waals surface area contributed by atoms with E-state index in [1.165, 1.54) is 5.56 Å². The Balaban J connectivity index is 1.77. The van der Waals surface area contributed by atoms with Gasteiger partial charge in [0, 0.05) is 22.8 Å². The minimum atomic E-state index is -0.0800. The van der Waals surface area contributed by atoms with Crippen molar-refractivity contribution in [2.45, 2.75) is 24.3 Å². The lowest BCUT2D eigenvalue weighted by Crippen LogP contribution is -2.09. The average Bonchev–Trinajstić information content (AvgIpc) is 3.36. The first-order valence-corrected chi connectivity index (χ1v) is 10.5. The molecule has 2 aromatic carbocycles. The fraction of sp³-hybridized carbons (Fsp3) is 0.136. The van der Waals surface area contributed by atoms with Crippen molar-refractivity contribution >= 4 is 39.8 Å². The van der Waals surface area contributed by atoms with Crippen molar-refractivity contribution in [1.82, 2.24) is 24.6 Å². The van der Waals surface area contributed by atoms with Crippen molar-refractivity contribution in [3.8, 4) is 0 Å². The molecular formula is C22H18ClN5S. The minimum absolute atomic E-state index is 0.0800. The number of aromatic amines is 1. The van der Waals surface area contributed by atoms with Gasteiger partial charge in [0.15, 0.2) is 5.16 Å². The molecule has 0 saturated heterocycles. The second-order valence-electron chi connectivity index (χ2n) is 7.02. The number of H-pyrrole nitrogens is 1. The maximum atomic E-state index is 6.26. The Morgan fingerprint density at radius 2 is 1.90 bits per heavy atom. The summed E-state index contributed by atoms with van der Waals surface area (Å²) in [5.74, 6) is 0.855. The summed E-state index contributed by atoms with van der Waals surface area (Å²) in [7, 11) is 0. The molecule has 1 atom stereocenters. The first-order valence-electron chi connectivity index (χ1n) is 9.26. The lowest BCUT2D eigenvalue weighted by molar-refractivity contribution is 0.816. The predicted molar refractivity (Wildman–Crippen MR) is 118 cm³/mol. The maximum Gasteiger partial charge on any atom is 0.166 e. The Bertz CT molecular complexity index is 1310. The average molecular weight is 420 g/mol. The van der Waals surface area contributed by atoms with Crippen molar-refractivity contribution in [3.05, 3.63) is 88.6 Å². The van der Waals surface area contributed by atoms with Gasteiger partial charge in [-0.3, -0.25) is 0 Å². The number of rotatable bonds is 4. The molecule has 144 valence electrons. The third kappa shape index (κ3) is 3.39. The van der Waals surface area contributed by atoms with E-state index in [9.17, 15) is 0 Å². The Kier molecular flexibility index (Phi) is 4.53. The molecule has 0 spiro atoms. The van der Waals surface area contributed by atoms with Crippen LogP contribution in [0.3, 0.4) is 0 Å². The van der Waals surface area contributed by atoms with Crippen molar-refractivity contribution in [1.29, 1.82) is 0 Å². The van der Waals surface area contributed by atoms with Crippen LogP contribution in [-0.4, -0.2) is 24.6 Å². The predicted octanol–water partition coefficient (Wildman–Crippen LogP) is 5.76. The number of nitrogens with one attached hydrogen (secondary N) is 1. The van der Waals surface area contributed by atoms with E-state index in [-0.39, 0.29) is 5.25 Å². The fourth-order valence-corrected chi connectivity index (χ4v) is 4.66. The highest BCUT2D eigenvalue weighted by molar-refractivity contribution is 7.99. The van der Waals surface area contributed by atoms with Gasteiger partial charge in [0.05, 0.1) is 22.0 Å². The molecule has 5 nitrogen and oxygen atoms in total. The van der Waals surface area contributed by atoms with Crippen LogP contribution < -0.4 is 0 Å². The normalized spacial score (nSPS) is 12.7. The van der Waals surface area contributed by atoms with Gasteiger partial charge in [0.1, 0.15) is 5.82 Å². The molecule has 1 N–H and O–H groups in total. The summed E-state index contributed by atoms with van der Waals surface area (Å²) in [5, 5.41) is 7.19. The van der Waals surface area contributed by atoms with E-state index < -0.39 is 0 Å². The lowest BCUT2D eigenvalue weighted by Gasteiger charge is -2.18. The second kappa shape index (κ2) is 7.21. The first-order chi connectivity index (χ1) is 14.1. The van der Waals surface area contributed by atoms with Gasteiger partial charge in [0.25, 0.3) is 0 Å². The highest BCUT2D eigenvalue weighted by Crippen LogP contribution is 2.39. The number of benzene rings is 2. The molecule has 0 fully saturated rings. The number of imidazole rings is 1. The van der Waals surface area contributed by atoms with Crippen molar-refractivity contribution in [2.75, 3.05) is 0 Å². The van der Waals surface area contributed by atoms with Crippen molar-refractivity contribution in [3.63, 3.8) is 0 Å². The van der Waals surface area contributed by atoms with E-state index >= 15 is 0 Å². The van der Waals surface area contributed by atoms with E-state index in [2.05, 4.69) is 47.2 Å². The fourth-order valence-electron chi connectivity index (χ4n) is 3.46. The number of halogens is 1. The first kappa shape index (κ1) is 18.2. The zero-order valence-electron chi connectivity index (χ0n) is 15.9. The monoisotopic (exact) mass is 419 g/mol. The summed E-state index contributed by atoms with van der Waals surface area (Å²) in [5.41, 5.74) is 5.20. The quantitative estimate of drug-likeness (QED) is 0.376. The van der Waals surface area contributed by atoms with Gasteiger partial charge in [-0.1, -0.05) is 53.2 Å². The lowest BCUT2D eigenvalue weighted by atomic mass is 10.1. The number of fused-ring (bicyclic) bond motifs is 3. The van der Waals surface area contributed by atoms with Crippen LogP contribution in [0.2, 0.25) is 5.02 Å². The van der Waals surface area contributed by atoms with Gasteiger partial charge in [-0.05, 0) is 43.7 Å². The molecule has 5 rings (SSSR count). The van der Waals surface area contributed by atoms with Crippen LogP contribution in [0.15, 0.2) is 66.1 Å². The van der Waals surface area contributed by atoms with Gasteiger partial charge >= 0.3 is 0 Å². The van der Waals surface area contributed by atoms with Gasteiger partial charge in [-0.15, -0.1) is 0 Å². The topological polar surface area (TPSA) is 58.9 Å². The van der Waals surface area contributed by atoms with E-state index in [4.69, 9.17) is 21.7 Å². The summed E-state index contributed by atoms with van der Waals surface area (Å²) in [6.07, 6.45) is 3.59. The molecule has 0 aliphatic rings. The largest absolute Gasteiger partial charge is 0.340 e. The molecular weight excluding hydrogens is 402 g/mol.